The van der Waals surface area contributed by atoms with Crippen LogP contribution in [-0.2, 0) is 22.4 Å². The Labute approximate surface area is 171 Å². The average molecular weight is 399 g/mol. The lowest BCUT2D eigenvalue weighted by atomic mass is 9.84. The molecule has 29 heavy (non-hydrogen) atoms. The molecule has 156 valence electrons. The van der Waals surface area contributed by atoms with Gasteiger partial charge in [0.1, 0.15) is 11.5 Å². The van der Waals surface area contributed by atoms with Crippen LogP contribution in [0.15, 0.2) is 48.5 Å². The lowest BCUT2D eigenvalue weighted by molar-refractivity contribution is -0.141. The van der Waals surface area contributed by atoms with Gasteiger partial charge in [-0.1, -0.05) is 50.2 Å². The standard InChI is InChI=1S/C23H29NO5/c1-23(2,14-17-10-6-8-12-20(17)29-4)22(27)24-15-18(21(25)26)13-16-9-5-7-11-19(16)28-3/h5-12,18H,13-15H2,1-4H3,(H,24,27)(H,25,26). The number of carboxylic acids is 1. The van der Waals surface area contributed by atoms with Crippen molar-refractivity contribution in [1.82, 2.24) is 5.32 Å². The molecule has 1 amide bonds. The number of nitrogens with one attached hydrogen (secondary N) is 1. The van der Waals surface area contributed by atoms with Crippen LogP contribution < -0.4 is 14.8 Å². The van der Waals surface area contributed by atoms with Crippen LogP contribution in [0, 0.1) is 11.3 Å². The molecule has 0 heterocycles. The van der Waals surface area contributed by atoms with Crippen molar-refractivity contribution in [2.24, 2.45) is 11.3 Å². The first-order valence-electron chi connectivity index (χ1n) is 9.53. The minimum atomic E-state index is -0.959. The molecule has 0 saturated carbocycles. The fraction of sp³-hybridized carbons (Fsp3) is 0.391. The Hall–Kier alpha value is -3.02. The molecule has 2 rings (SSSR count). The Balaban J connectivity index is 2.04. The maximum atomic E-state index is 12.8. The van der Waals surface area contributed by atoms with Gasteiger partial charge in [0.25, 0.3) is 0 Å². The highest BCUT2D eigenvalue weighted by atomic mass is 16.5. The smallest absolute Gasteiger partial charge is 0.308 e. The van der Waals surface area contributed by atoms with Gasteiger partial charge >= 0.3 is 5.97 Å². The van der Waals surface area contributed by atoms with Gasteiger partial charge in [0.05, 0.1) is 20.1 Å². The van der Waals surface area contributed by atoms with E-state index in [4.69, 9.17) is 9.47 Å². The highest BCUT2D eigenvalue weighted by molar-refractivity contribution is 5.83. The summed E-state index contributed by atoms with van der Waals surface area (Å²) < 4.78 is 10.7. The summed E-state index contributed by atoms with van der Waals surface area (Å²) in [4.78, 5) is 24.5. The molecular weight excluding hydrogens is 370 g/mol. The van der Waals surface area contributed by atoms with Gasteiger partial charge in [-0.05, 0) is 36.1 Å². The fourth-order valence-electron chi connectivity index (χ4n) is 3.24. The molecule has 6 nitrogen and oxygen atoms in total. The summed E-state index contributed by atoms with van der Waals surface area (Å²) in [6, 6.07) is 14.9. The van der Waals surface area contributed by atoms with E-state index in [9.17, 15) is 14.7 Å². The number of benzene rings is 2. The Bertz CT molecular complexity index is 847. The minimum absolute atomic E-state index is 0.0432. The number of methoxy groups -OCH3 is 2. The number of rotatable bonds is 10. The summed E-state index contributed by atoms with van der Waals surface area (Å²) in [5, 5.41) is 12.4. The van der Waals surface area contributed by atoms with Crippen LogP contribution in [-0.4, -0.2) is 37.7 Å². The number of hydrogen-bond acceptors (Lipinski definition) is 4. The Morgan fingerprint density at radius 2 is 1.48 bits per heavy atom. The van der Waals surface area contributed by atoms with Crippen molar-refractivity contribution in [3.63, 3.8) is 0 Å². The van der Waals surface area contributed by atoms with Gasteiger partial charge in [0.15, 0.2) is 0 Å². The van der Waals surface area contributed by atoms with Crippen LogP contribution in [0.2, 0.25) is 0 Å². The maximum absolute atomic E-state index is 12.8. The van der Waals surface area contributed by atoms with Crippen molar-refractivity contribution in [2.75, 3.05) is 20.8 Å². The van der Waals surface area contributed by atoms with Gasteiger partial charge in [-0.25, -0.2) is 0 Å². The number of carbonyl (C=O) groups excluding carboxylic acids is 1. The number of para-hydroxylation sites is 2. The van der Waals surface area contributed by atoms with E-state index in [-0.39, 0.29) is 18.9 Å². The van der Waals surface area contributed by atoms with Crippen LogP contribution in [0.3, 0.4) is 0 Å². The number of aliphatic carboxylic acids is 1. The number of carboxylic acid groups (broad SMARTS) is 1. The summed E-state index contributed by atoms with van der Waals surface area (Å²) in [5.41, 5.74) is 1.01. The summed E-state index contributed by atoms with van der Waals surface area (Å²) in [7, 11) is 3.15. The lowest BCUT2D eigenvalue weighted by Gasteiger charge is -2.25. The van der Waals surface area contributed by atoms with E-state index in [0.717, 1.165) is 16.9 Å². The van der Waals surface area contributed by atoms with Crippen molar-refractivity contribution in [2.45, 2.75) is 26.7 Å². The average Bonchev–Trinajstić information content (AvgIpc) is 2.70. The first-order chi connectivity index (χ1) is 13.8. The topological polar surface area (TPSA) is 84.9 Å². The molecule has 6 heteroatoms. The summed E-state index contributed by atoms with van der Waals surface area (Å²) in [6.07, 6.45) is 0.750. The Morgan fingerprint density at radius 1 is 0.966 bits per heavy atom. The summed E-state index contributed by atoms with van der Waals surface area (Å²) in [5.74, 6) is -0.541. The van der Waals surface area contributed by atoms with E-state index in [0.29, 0.717) is 12.2 Å². The molecule has 0 spiro atoms. The second-order valence-corrected chi connectivity index (χ2v) is 7.63. The molecule has 0 bridgehead atoms. The van der Waals surface area contributed by atoms with Gasteiger partial charge in [-0.2, -0.15) is 0 Å². The molecule has 2 aromatic rings. The zero-order chi connectivity index (χ0) is 21.4. The van der Waals surface area contributed by atoms with E-state index in [2.05, 4.69) is 5.32 Å². The number of carbonyl (C=O) groups is 2. The van der Waals surface area contributed by atoms with E-state index in [1.807, 2.05) is 56.3 Å². The molecule has 0 aliphatic heterocycles. The monoisotopic (exact) mass is 399 g/mol. The summed E-state index contributed by atoms with van der Waals surface area (Å²) >= 11 is 0. The van der Waals surface area contributed by atoms with Crippen LogP contribution >= 0.6 is 0 Å². The molecule has 0 aliphatic carbocycles. The predicted molar refractivity (Wildman–Crippen MR) is 111 cm³/mol. The molecular formula is C23H29NO5. The van der Waals surface area contributed by atoms with Crippen LogP contribution in [0.1, 0.15) is 25.0 Å². The third kappa shape index (κ3) is 5.98. The second kappa shape index (κ2) is 9.96. The van der Waals surface area contributed by atoms with E-state index in [1.54, 1.807) is 20.3 Å². The zero-order valence-electron chi connectivity index (χ0n) is 17.4. The molecule has 0 aromatic heterocycles. The third-order valence-corrected chi connectivity index (χ3v) is 4.96. The maximum Gasteiger partial charge on any atom is 0.308 e. The van der Waals surface area contributed by atoms with Crippen molar-refractivity contribution in [1.29, 1.82) is 0 Å². The molecule has 2 aromatic carbocycles. The zero-order valence-corrected chi connectivity index (χ0v) is 17.4. The van der Waals surface area contributed by atoms with Gasteiger partial charge < -0.3 is 19.9 Å². The Morgan fingerprint density at radius 3 is 2.03 bits per heavy atom. The van der Waals surface area contributed by atoms with E-state index in [1.165, 1.54) is 0 Å². The van der Waals surface area contributed by atoms with E-state index >= 15 is 0 Å². The molecule has 0 saturated heterocycles. The fourth-order valence-corrected chi connectivity index (χ4v) is 3.24. The van der Waals surface area contributed by atoms with Crippen molar-refractivity contribution in [3.8, 4) is 11.5 Å². The Kier molecular flexibility index (Phi) is 7.65. The number of ether oxygens (including phenoxy) is 2. The molecule has 2 N–H and O–H groups in total. The highest BCUT2D eigenvalue weighted by Gasteiger charge is 2.30. The lowest BCUT2D eigenvalue weighted by Crippen LogP contribution is -2.42. The van der Waals surface area contributed by atoms with Crippen LogP contribution in [0.5, 0.6) is 11.5 Å². The number of hydrogen-bond donors (Lipinski definition) is 2. The van der Waals surface area contributed by atoms with Crippen LogP contribution in [0.25, 0.3) is 0 Å². The van der Waals surface area contributed by atoms with Gasteiger partial charge in [-0.15, -0.1) is 0 Å². The first-order valence-corrected chi connectivity index (χ1v) is 9.53. The van der Waals surface area contributed by atoms with Gasteiger partial charge in [-0.3, -0.25) is 9.59 Å². The van der Waals surface area contributed by atoms with Gasteiger partial charge in [0, 0.05) is 12.0 Å². The highest BCUT2D eigenvalue weighted by Crippen LogP contribution is 2.28. The second-order valence-electron chi connectivity index (χ2n) is 7.63. The predicted octanol–water partition coefficient (Wildman–Crippen LogP) is 3.33. The first kappa shape index (κ1) is 22.3. The SMILES string of the molecule is COc1ccccc1CC(CNC(=O)C(C)(C)Cc1ccccc1OC)C(=O)O. The molecule has 0 radical (unpaired) electrons. The van der Waals surface area contributed by atoms with Crippen molar-refractivity contribution >= 4 is 11.9 Å². The summed E-state index contributed by atoms with van der Waals surface area (Å²) in [6.45, 7) is 3.72. The third-order valence-electron chi connectivity index (χ3n) is 4.96. The normalized spacial score (nSPS) is 12.1. The minimum Gasteiger partial charge on any atom is -0.496 e. The molecule has 0 aliphatic rings. The van der Waals surface area contributed by atoms with Crippen molar-refractivity contribution < 1.29 is 24.2 Å². The van der Waals surface area contributed by atoms with E-state index < -0.39 is 17.3 Å². The van der Waals surface area contributed by atoms with Gasteiger partial charge in [0.2, 0.25) is 5.91 Å². The van der Waals surface area contributed by atoms with Crippen LogP contribution in [0.4, 0.5) is 0 Å². The molecule has 1 atom stereocenters. The largest absolute Gasteiger partial charge is 0.496 e. The van der Waals surface area contributed by atoms with Crippen molar-refractivity contribution in [3.05, 3.63) is 59.7 Å². The molecule has 0 fully saturated rings. The number of amides is 1. The molecule has 1 unspecified atom stereocenters. The quantitative estimate of drug-likeness (QED) is 0.640.